The molecular weight excluding hydrogens is 268 g/mol. The number of piperidine rings is 1. The highest BCUT2D eigenvalue weighted by atomic mass is 16.5. The molecule has 1 N–H and O–H groups in total. The molecule has 2 aliphatic heterocycles. The van der Waals surface area contributed by atoms with Crippen molar-refractivity contribution in [2.45, 2.75) is 44.3 Å². The Morgan fingerprint density at radius 3 is 2.81 bits per heavy atom. The highest BCUT2D eigenvalue weighted by molar-refractivity contribution is 5.88. The van der Waals surface area contributed by atoms with Crippen LogP contribution in [0.4, 0.5) is 0 Å². The van der Waals surface area contributed by atoms with Gasteiger partial charge in [0.15, 0.2) is 0 Å². The van der Waals surface area contributed by atoms with Crippen LogP contribution < -0.4 is 5.32 Å². The number of fused-ring (bicyclic) bond motifs is 2. The number of ether oxygens (including phenoxy) is 1. The summed E-state index contributed by atoms with van der Waals surface area (Å²) < 4.78 is 10.0. The Balaban J connectivity index is 1.44. The van der Waals surface area contributed by atoms with Gasteiger partial charge < -0.3 is 19.4 Å². The van der Waals surface area contributed by atoms with Crippen molar-refractivity contribution < 1.29 is 13.9 Å². The molecule has 0 saturated carbocycles. The Kier molecular flexibility index (Phi) is 4.31. The van der Waals surface area contributed by atoms with Crippen LogP contribution in [0.5, 0.6) is 0 Å². The summed E-state index contributed by atoms with van der Waals surface area (Å²) in [5.41, 5.74) is 0.478. The monoisotopic (exact) mass is 292 g/mol. The molecule has 0 aromatic carbocycles. The molecule has 2 bridgehead atoms. The van der Waals surface area contributed by atoms with Crippen LogP contribution in [-0.4, -0.2) is 43.7 Å². The van der Waals surface area contributed by atoms with E-state index < -0.39 is 0 Å². The van der Waals surface area contributed by atoms with Gasteiger partial charge in [-0.3, -0.25) is 0 Å². The molecule has 0 aliphatic carbocycles. The first-order valence-electron chi connectivity index (χ1n) is 7.75. The normalized spacial score (nSPS) is 28.8. The molecule has 1 aromatic rings. The second-order valence-corrected chi connectivity index (χ2v) is 6.31. The molecule has 2 atom stereocenters. The maximum absolute atomic E-state index is 11.4. The molecule has 2 saturated heterocycles. The van der Waals surface area contributed by atoms with Crippen LogP contribution in [0.3, 0.4) is 0 Å². The predicted molar refractivity (Wildman–Crippen MR) is 79.1 cm³/mol. The average molecular weight is 292 g/mol. The summed E-state index contributed by atoms with van der Waals surface area (Å²) in [7, 11) is 3.64. The standard InChI is InChI=1S/C16H24N2O3/c1-18-13-3-4-14(18)6-11(5-13)8-17-9-15-7-12(10-21-15)16(19)20-2/h7,10-11,13-14,17H,3-6,8-9H2,1-2H3. The fourth-order valence-corrected chi connectivity index (χ4v) is 3.79. The number of carbonyl (C=O) groups excluding carboxylic acids is 1. The lowest BCUT2D eigenvalue weighted by atomic mass is 9.91. The zero-order chi connectivity index (χ0) is 14.8. The van der Waals surface area contributed by atoms with Crippen molar-refractivity contribution in [3.63, 3.8) is 0 Å². The number of esters is 1. The summed E-state index contributed by atoms with van der Waals surface area (Å²) in [4.78, 5) is 13.9. The predicted octanol–water partition coefficient (Wildman–Crippen LogP) is 2.03. The van der Waals surface area contributed by atoms with Crippen molar-refractivity contribution in [3.8, 4) is 0 Å². The van der Waals surface area contributed by atoms with Gasteiger partial charge in [0.25, 0.3) is 0 Å². The van der Waals surface area contributed by atoms with Gasteiger partial charge in [0.1, 0.15) is 12.0 Å². The number of nitrogens with one attached hydrogen (secondary N) is 1. The summed E-state index contributed by atoms with van der Waals surface area (Å²) in [6, 6.07) is 3.31. The van der Waals surface area contributed by atoms with Crippen molar-refractivity contribution >= 4 is 5.97 Å². The molecule has 21 heavy (non-hydrogen) atoms. The topological polar surface area (TPSA) is 54.7 Å². The molecule has 5 heteroatoms. The van der Waals surface area contributed by atoms with Crippen LogP contribution in [-0.2, 0) is 11.3 Å². The minimum Gasteiger partial charge on any atom is -0.467 e. The Hall–Kier alpha value is -1.33. The molecule has 116 valence electrons. The van der Waals surface area contributed by atoms with Crippen molar-refractivity contribution in [2.75, 3.05) is 20.7 Å². The van der Waals surface area contributed by atoms with E-state index in [1.54, 1.807) is 6.07 Å². The SMILES string of the molecule is COC(=O)c1coc(CNCC2CC3CCC(C2)N3C)c1. The lowest BCUT2D eigenvalue weighted by molar-refractivity contribution is 0.0600. The van der Waals surface area contributed by atoms with Gasteiger partial charge in [-0.15, -0.1) is 0 Å². The van der Waals surface area contributed by atoms with Crippen molar-refractivity contribution in [2.24, 2.45) is 5.92 Å². The van der Waals surface area contributed by atoms with Gasteiger partial charge in [0.05, 0.1) is 19.2 Å². The van der Waals surface area contributed by atoms with Crippen molar-refractivity contribution in [1.29, 1.82) is 0 Å². The number of nitrogens with zero attached hydrogens (tertiary/aromatic N) is 1. The van der Waals surface area contributed by atoms with Gasteiger partial charge in [0, 0.05) is 12.1 Å². The molecule has 0 radical (unpaired) electrons. The number of hydrogen-bond donors (Lipinski definition) is 1. The lowest BCUT2D eigenvalue weighted by Gasteiger charge is -2.36. The van der Waals surface area contributed by atoms with Crippen LogP contribution >= 0.6 is 0 Å². The largest absolute Gasteiger partial charge is 0.467 e. The third kappa shape index (κ3) is 3.14. The van der Waals surface area contributed by atoms with Crippen molar-refractivity contribution in [1.82, 2.24) is 10.2 Å². The van der Waals surface area contributed by atoms with Crippen LogP contribution in [0.25, 0.3) is 0 Å². The summed E-state index contributed by atoms with van der Waals surface area (Å²) in [5.74, 6) is 1.19. The molecule has 2 aliphatic rings. The minimum atomic E-state index is -0.350. The first-order chi connectivity index (χ1) is 10.2. The van der Waals surface area contributed by atoms with Gasteiger partial charge in [-0.2, -0.15) is 0 Å². The Morgan fingerprint density at radius 2 is 2.14 bits per heavy atom. The van der Waals surface area contributed by atoms with Gasteiger partial charge >= 0.3 is 5.97 Å². The van der Waals surface area contributed by atoms with E-state index in [1.807, 2.05) is 0 Å². The van der Waals surface area contributed by atoms with Crippen LogP contribution in [0.15, 0.2) is 16.7 Å². The first-order valence-corrected chi connectivity index (χ1v) is 7.75. The van der Waals surface area contributed by atoms with Gasteiger partial charge in [-0.05, 0) is 51.3 Å². The zero-order valence-corrected chi connectivity index (χ0v) is 12.8. The number of carbonyl (C=O) groups is 1. The second kappa shape index (κ2) is 6.20. The number of furan rings is 1. The molecule has 3 heterocycles. The van der Waals surface area contributed by atoms with Crippen LogP contribution in [0.2, 0.25) is 0 Å². The second-order valence-electron chi connectivity index (χ2n) is 6.31. The van der Waals surface area contributed by atoms with Gasteiger partial charge in [-0.25, -0.2) is 4.79 Å². The van der Waals surface area contributed by atoms with E-state index >= 15 is 0 Å². The first kappa shape index (κ1) is 14.6. The lowest BCUT2D eigenvalue weighted by Crippen LogP contribution is -2.42. The molecule has 2 fully saturated rings. The summed E-state index contributed by atoms with van der Waals surface area (Å²) in [6.07, 6.45) is 6.77. The van der Waals surface area contributed by atoms with E-state index in [2.05, 4.69) is 22.0 Å². The maximum Gasteiger partial charge on any atom is 0.341 e. The minimum absolute atomic E-state index is 0.350. The third-order valence-electron chi connectivity index (χ3n) is 5.00. The van der Waals surface area contributed by atoms with Crippen molar-refractivity contribution in [3.05, 3.63) is 23.7 Å². The highest BCUT2D eigenvalue weighted by Gasteiger charge is 2.37. The van der Waals surface area contributed by atoms with E-state index in [1.165, 1.54) is 39.1 Å². The molecule has 1 aromatic heterocycles. The number of rotatable bonds is 5. The van der Waals surface area contributed by atoms with E-state index in [9.17, 15) is 4.79 Å². The zero-order valence-electron chi connectivity index (χ0n) is 12.8. The Morgan fingerprint density at radius 1 is 1.43 bits per heavy atom. The van der Waals surface area contributed by atoms with Gasteiger partial charge in [0.2, 0.25) is 0 Å². The maximum atomic E-state index is 11.4. The summed E-state index contributed by atoms with van der Waals surface area (Å²) >= 11 is 0. The number of methoxy groups -OCH3 is 1. The summed E-state index contributed by atoms with van der Waals surface area (Å²) in [6.45, 7) is 1.69. The van der Waals surface area contributed by atoms with E-state index in [-0.39, 0.29) is 5.97 Å². The van der Waals surface area contributed by atoms with Crippen LogP contribution in [0.1, 0.15) is 41.8 Å². The number of hydrogen-bond acceptors (Lipinski definition) is 5. The van der Waals surface area contributed by atoms with E-state index in [4.69, 9.17) is 4.42 Å². The Labute approximate surface area is 125 Å². The quantitative estimate of drug-likeness (QED) is 0.842. The smallest absolute Gasteiger partial charge is 0.341 e. The molecule has 3 rings (SSSR count). The Bertz CT molecular complexity index is 485. The average Bonchev–Trinajstić information content (AvgIpc) is 3.01. The molecule has 2 unspecified atom stereocenters. The summed E-state index contributed by atoms with van der Waals surface area (Å²) in [5, 5.41) is 3.46. The fourth-order valence-electron chi connectivity index (χ4n) is 3.79. The van der Waals surface area contributed by atoms with Crippen LogP contribution in [0, 0.1) is 5.92 Å². The molecule has 5 nitrogen and oxygen atoms in total. The molecular formula is C16H24N2O3. The molecule has 0 amide bonds. The third-order valence-corrected chi connectivity index (χ3v) is 5.00. The van der Waals surface area contributed by atoms with E-state index in [0.717, 1.165) is 30.3 Å². The fraction of sp³-hybridized carbons (Fsp3) is 0.688. The van der Waals surface area contributed by atoms with E-state index in [0.29, 0.717) is 12.1 Å². The highest BCUT2D eigenvalue weighted by Crippen LogP contribution is 2.37. The molecule has 0 spiro atoms. The van der Waals surface area contributed by atoms with Gasteiger partial charge in [-0.1, -0.05) is 0 Å².